The predicted molar refractivity (Wildman–Crippen MR) is 60.4 cm³/mol. The van der Waals surface area contributed by atoms with Crippen LogP contribution in [-0.4, -0.2) is 17.6 Å². The summed E-state index contributed by atoms with van der Waals surface area (Å²) in [5, 5.41) is 11.3. The molecule has 0 aromatic heterocycles. The van der Waals surface area contributed by atoms with Crippen LogP contribution in [0.2, 0.25) is 0 Å². The van der Waals surface area contributed by atoms with Crippen LogP contribution in [0.5, 0.6) is 0 Å². The summed E-state index contributed by atoms with van der Waals surface area (Å²) in [6.07, 6.45) is 0. The Morgan fingerprint density at radius 3 is 2.59 bits per heavy atom. The van der Waals surface area contributed by atoms with Gasteiger partial charge in [-0.3, -0.25) is 4.79 Å². The van der Waals surface area contributed by atoms with Gasteiger partial charge in [0.2, 0.25) is 5.91 Å². The van der Waals surface area contributed by atoms with Crippen LogP contribution in [-0.2, 0) is 4.79 Å². The Morgan fingerprint density at radius 2 is 2.06 bits per heavy atom. The van der Waals surface area contributed by atoms with Crippen molar-refractivity contribution < 1.29 is 18.7 Å². The summed E-state index contributed by atoms with van der Waals surface area (Å²) in [5.74, 6) is -2.59. The number of amides is 1. The number of anilines is 1. The molecule has 0 spiro atoms. The highest BCUT2D eigenvalue weighted by Crippen LogP contribution is 2.18. The van der Waals surface area contributed by atoms with Crippen molar-refractivity contribution in [2.24, 2.45) is 11.8 Å². The maximum atomic E-state index is 13.3. The fourth-order valence-electron chi connectivity index (χ4n) is 1.42. The molecule has 0 aliphatic carbocycles. The number of halogens is 2. The van der Waals surface area contributed by atoms with E-state index in [9.17, 15) is 13.6 Å². The zero-order valence-electron chi connectivity index (χ0n) is 9.71. The number of carbonyl (C=O) groups is 1. The first-order chi connectivity index (χ1) is 7.95. The third-order valence-electron chi connectivity index (χ3n) is 2.52. The number of hydrogen-bond donors (Lipinski definition) is 2. The molecule has 1 aromatic rings. The Morgan fingerprint density at radius 1 is 1.41 bits per heavy atom. The average molecular weight is 243 g/mol. The molecule has 1 unspecified atom stereocenters. The van der Waals surface area contributed by atoms with E-state index in [0.717, 1.165) is 18.2 Å². The second-order valence-electron chi connectivity index (χ2n) is 4.15. The summed E-state index contributed by atoms with van der Waals surface area (Å²) < 4.78 is 26.1. The van der Waals surface area contributed by atoms with Crippen molar-refractivity contribution in [1.82, 2.24) is 0 Å². The van der Waals surface area contributed by atoms with Gasteiger partial charge in [0.15, 0.2) is 0 Å². The summed E-state index contributed by atoms with van der Waals surface area (Å²) in [6.45, 7) is 3.20. The minimum atomic E-state index is -0.708. The summed E-state index contributed by atoms with van der Waals surface area (Å²) in [7, 11) is 0. The second-order valence-corrected chi connectivity index (χ2v) is 4.15. The lowest BCUT2D eigenvalue weighted by molar-refractivity contribution is -0.122. The van der Waals surface area contributed by atoms with E-state index in [-0.39, 0.29) is 18.2 Å². The molecule has 1 rings (SSSR count). The van der Waals surface area contributed by atoms with E-state index in [4.69, 9.17) is 5.11 Å². The quantitative estimate of drug-likeness (QED) is 0.851. The van der Waals surface area contributed by atoms with Gasteiger partial charge in [0, 0.05) is 6.07 Å². The first-order valence-electron chi connectivity index (χ1n) is 5.32. The normalized spacial score (nSPS) is 12.6. The van der Waals surface area contributed by atoms with E-state index in [1.165, 1.54) is 0 Å². The SMILES string of the molecule is CC(C)C(CO)C(=O)Nc1cc(F)ccc1F. The Bertz CT molecular complexity index is 407. The molecule has 0 bridgehead atoms. The molecule has 5 heteroatoms. The summed E-state index contributed by atoms with van der Waals surface area (Å²) in [4.78, 5) is 11.7. The predicted octanol–water partition coefficient (Wildman–Crippen LogP) is 2.17. The van der Waals surface area contributed by atoms with Crippen LogP contribution in [0.1, 0.15) is 13.8 Å². The summed E-state index contributed by atoms with van der Waals surface area (Å²) in [6, 6.07) is 2.81. The minimum absolute atomic E-state index is 0.0865. The molecular weight excluding hydrogens is 228 g/mol. The van der Waals surface area contributed by atoms with Crippen LogP contribution in [0.3, 0.4) is 0 Å². The molecule has 0 aliphatic rings. The van der Waals surface area contributed by atoms with Crippen LogP contribution in [0, 0.1) is 23.5 Å². The molecular formula is C12H15F2NO2. The monoisotopic (exact) mass is 243 g/mol. The Hall–Kier alpha value is -1.49. The lowest BCUT2D eigenvalue weighted by Gasteiger charge is -2.17. The zero-order valence-corrected chi connectivity index (χ0v) is 9.71. The average Bonchev–Trinajstić information content (AvgIpc) is 2.24. The molecule has 3 nitrogen and oxygen atoms in total. The standard InChI is InChI=1S/C12H15F2NO2/c1-7(2)9(6-16)12(17)15-11-5-8(13)3-4-10(11)14/h3-5,7,9,16H,6H2,1-2H3,(H,15,17). The number of nitrogens with one attached hydrogen (secondary N) is 1. The van der Waals surface area contributed by atoms with Crippen LogP contribution < -0.4 is 5.32 Å². The molecule has 0 radical (unpaired) electrons. The molecule has 0 heterocycles. The molecule has 1 aromatic carbocycles. The molecule has 0 aliphatic heterocycles. The van der Waals surface area contributed by atoms with Crippen LogP contribution in [0.4, 0.5) is 14.5 Å². The third kappa shape index (κ3) is 3.49. The Balaban J connectivity index is 2.83. The van der Waals surface area contributed by atoms with Gasteiger partial charge in [0.1, 0.15) is 11.6 Å². The van der Waals surface area contributed by atoms with E-state index in [0.29, 0.717) is 0 Å². The van der Waals surface area contributed by atoms with Crippen molar-refractivity contribution in [1.29, 1.82) is 0 Å². The van der Waals surface area contributed by atoms with Crippen molar-refractivity contribution in [3.05, 3.63) is 29.8 Å². The van der Waals surface area contributed by atoms with Gasteiger partial charge in [-0.15, -0.1) is 0 Å². The van der Waals surface area contributed by atoms with E-state index in [1.54, 1.807) is 13.8 Å². The third-order valence-corrected chi connectivity index (χ3v) is 2.52. The number of aliphatic hydroxyl groups is 1. The van der Waals surface area contributed by atoms with Crippen molar-refractivity contribution in [3.8, 4) is 0 Å². The highest BCUT2D eigenvalue weighted by Gasteiger charge is 2.22. The number of rotatable bonds is 4. The van der Waals surface area contributed by atoms with E-state index >= 15 is 0 Å². The van der Waals surface area contributed by atoms with E-state index in [1.807, 2.05) is 0 Å². The molecule has 94 valence electrons. The fourth-order valence-corrected chi connectivity index (χ4v) is 1.42. The summed E-state index contributed by atoms with van der Waals surface area (Å²) >= 11 is 0. The van der Waals surface area contributed by atoms with Gasteiger partial charge in [-0.05, 0) is 18.1 Å². The van der Waals surface area contributed by atoms with Crippen molar-refractivity contribution >= 4 is 11.6 Å². The highest BCUT2D eigenvalue weighted by molar-refractivity contribution is 5.92. The van der Waals surface area contributed by atoms with Gasteiger partial charge in [-0.2, -0.15) is 0 Å². The maximum absolute atomic E-state index is 13.3. The minimum Gasteiger partial charge on any atom is -0.396 e. The number of carbonyl (C=O) groups excluding carboxylic acids is 1. The van der Waals surface area contributed by atoms with Crippen LogP contribution in [0.25, 0.3) is 0 Å². The lowest BCUT2D eigenvalue weighted by Crippen LogP contribution is -2.30. The Labute approximate surface area is 98.5 Å². The highest BCUT2D eigenvalue weighted by atomic mass is 19.1. The van der Waals surface area contributed by atoms with E-state index in [2.05, 4.69) is 5.32 Å². The first-order valence-corrected chi connectivity index (χ1v) is 5.32. The topological polar surface area (TPSA) is 49.3 Å². The van der Waals surface area contributed by atoms with Gasteiger partial charge in [-0.1, -0.05) is 13.8 Å². The second kappa shape index (κ2) is 5.72. The Kier molecular flexibility index (Phi) is 4.57. The first kappa shape index (κ1) is 13.6. The van der Waals surface area contributed by atoms with E-state index < -0.39 is 23.5 Å². The molecule has 0 fully saturated rings. The zero-order chi connectivity index (χ0) is 13.0. The number of aliphatic hydroxyl groups excluding tert-OH is 1. The molecule has 17 heavy (non-hydrogen) atoms. The van der Waals surface area contributed by atoms with Crippen molar-refractivity contribution in [2.75, 3.05) is 11.9 Å². The number of benzene rings is 1. The van der Waals surface area contributed by atoms with Gasteiger partial charge < -0.3 is 10.4 Å². The molecule has 1 atom stereocenters. The van der Waals surface area contributed by atoms with Crippen LogP contribution in [0.15, 0.2) is 18.2 Å². The van der Waals surface area contributed by atoms with Crippen LogP contribution >= 0.6 is 0 Å². The largest absolute Gasteiger partial charge is 0.396 e. The molecule has 0 saturated carbocycles. The number of hydrogen-bond acceptors (Lipinski definition) is 2. The van der Waals surface area contributed by atoms with Gasteiger partial charge >= 0.3 is 0 Å². The van der Waals surface area contributed by atoms with Gasteiger partial charge in [0.05, 0.1) is 18.2 Å². The van der Waals surface area contributed by atoms with Crippen molar-refractivity contribution in [2.45, 2.75) is 13.8 Å². The van der Waals surface area contributed by atoms with Gasteiger partial charge in [-0.25, -0.2) is 8.78 Å². The van der Waals surface area contributed by atoms with Gasteiger partial charge in [0.25, 0.3) is 0 Å². The summed E-state index contributed by atoms with van der Waals surface area (Å²) in [5.41, 5.74) is -0.214. The maximum Gasteiger partial charge on any atom is 0.230 e. The molecule has 1 amide bonds. The fraction of sp³-hybridized carbons (Fsp3) is 0.417. The smallest absolute Gasteiger partial charge is 0.230 e. The van der Waals surface area contributed by atoms with Crippen molar-refractivity contribution in [3.63, 3.8) is 0 Å². The lowest BCUT2D eigenvalue weighted by atomic mass is 9.96. The molecule has 2 N–H and O–H groups in total. The molecule has 0 saturated heterocycles.